The van der Waals surface area contributed by atoms with E-state index in [1.165, 1.54) is 6.20 Å². The summed E-state index contributed by atoms with van der Waals surface area (Å²) in [6, 6.07) is 0. The predicted molar refractivity (Wildman–Crippen MR) is 49.2 cm³/mol. The molecule has 0 atom stereocenters. The molecule has 2 N–H and O–H groups in total. The molecule has 0 amide bonds. The van der Waals surface area contributed by atoms with Crippen LogP contribution in [0.4, 0.5) is 5.95 Å². The van der Waals surface area contributed by atoms with Crippen LogP contribution in [0.25, 0.3) is 11.6 Å². The van der Waals surface area contributed by atoms with Crippen LogP contribution in [0.3, 0.4) is 0 Å². The molecule has 0 aliphatic heterocycles. The maximum absolute atomic E-state index is 5.39. The first-order valence-electron chi connectivity index (χ1n) is 4.06. The number of oxazole rings is 1. The van der Waals surface area contributed by atoms with Gasteiger partial charge in [0.1, 0.15) is 11.5 Å². The third-order valence-corrected chi connectivity index (χ3v) is 1.82. The van der Waals surface area contributed by atoms with E-state index in [4.69, 9.17) is 10.2 Å². The number of anilines is 1. The van der Waals surface area contributed by atoms with Crippen LogP contribution >= 0.6 is 0 Å². The Balaban J connectivity index is 2.49. The second-order valence-electron chi connectivity index (χ2n) is 2.86. The molecule has 0 saturated carbocycles. The maximum Gasteiger partial charge on any atom is 0.247 e. The van der Waals surface area contributed by atoms with E-state index in [-0.39, 0.29) is 5.95 Å². The molecule has 2 heterocycles. The summed E-state index contributed by atoms with van der Waals surface area (Å²) in [5.74, 6) is 1.29. The predicted octanol–water partition coefficient (Wildman–Crippen LogP) is 0.726. The lowest BCUT2D eigenvalue weighted by molar-refractivity contribution is 0.538. The minimum Gasteiger partial charge on any atom is -0.440 e. The Labute approximate surface area is 80.2 Å². The van der Waals surface area contributed by atoms with Gasteiger partial charge in [0.25, 0.3) is 0 Å². The molecule has 0 spiro atoms. The molecule has 0 radical (unpaired) electrons. The highest BCUT2D eigenvalue weighted by Gasteiger charge is 2.10. The summed E-state index contributed by atoms with van der Waals surface area (Å²) < 4.78 is 5.36. The van der Waals surface area contributed by atoms with Gasteiger partial charge in [-0.15, -0.1) is 5.10 Å². The lowest BCUT2D eigenvalue weighted by Gasteiger charge is -1.93. The van der Waals surface area contributed by atoms with Crippen molar-refractivity contribution >= 4 is 5.95 Å². The molecule has 0 aliphatic rings. The zero-order chi connectivity index (χ0) is 10.1. The average molecular weight is 191 g/mol. The summed E-state index contributed by atoms with van der Waals surface area (Å²) in [7, 11) is 0. The zero-order valence-corrected chi connectivity index (χ0v) is 7.85. The number of nitrogen functional groups attached to an aromatic ring is 1. The molecule has 2 aromatic rings. The standard InChI is InChI=1S/C8H9N5O/c1-4-5(2)14-7(11-4)6-3-10-13-8(9)12-6/h3H,1-2H3,(H2,9,12,13). The van der Waals surface area contributed by atoms with Crippen LogP contribution in [0.2, 0.25) is 0 Å². The van der Waals surface area contributed by atoms with E-state index in [9.17, 15) is 0 Å². The molecule has 0 bridgehead atoms. The van der Waals surface area contributed by atoms with Crippen molar-refractivity contribution in [3.63, 3.8) is 0 Å². The summed E-state index contributed by atoms with van der Waals surface area (Å²) in [6.07, 6.45) is 1.46. The molecule has 0 saturated heterocycles. The molecular formula is C8H9N5O. The molecule has 6 nitrogen and oxygen atoms in total. The fraction of sp³-hybridized carbons (Fsp3) is 0.250. The summed E-state index contributed by atoms with van der Waals surface area (Å²) >= 11 is 0. The van der Waals surface area contributed by atoms with Gasteiger partial charge in [-0.25, -0.2) is 9.97 Å². The normalized spacial score (nSPS) is 10.4. The zero-order valence-electron chi connectivity index (χ0n) is 7.85. The van der Waals surface area contributed by atoms with Crippen LogP contribution in [0.1, 0.15) is 11.5 Å². The number of aryl methyl sites for hydroxylation is 2. The highest BCUT2D eigenvalue weighted by molar-refractivity contribution is 5.47. The Hall–Kier alpha value is -1.98. The lowest BCUT2D eigenvalue weighted by Crippen LogP contribution is -1.98. The van der Waals surface area contributed by atoms with Crippen LogP contribution in [0.15, 0.2) is 10.6 Å². The average Bonchev–Trinajstić information content (AvgIpc) is 2.47. The van der Waals surface area contributed by atoms with Crippen LogP contribution in [-0.4, -0.2) is 20.2 Å². The van der Waals surface area contributed by atoms with Crippen molar-refractivity contribution in [2.45, 2.75) is 13.8 Å². The monoisotopic (exact) mass is 191 g/mol. The highest BCUT2D eigenvalue weighted by atomic mass is 16.4. The first-order chi connectivity index (χ1) is 6.66. The number of aromatic nitrogens is 4. The van der Waals surface area contributed by atoms with Gasteiger partial charge >= 0.3 is 0 Å². The molecule has 72 valence electrons. The topological polar surface area (TPSA) is 90.7 Å². The minimum absolute atomic E-state index is 0.107. The van der Waals surface area contributed by atoms with Crippen molar-refractivity contribution in [1.82, 2.24) is 20.2 Å². The van der Waals surface area contributed by atoms with Gasteiger partial charge in [-0.2, -0.15) is 5.10 Å². The van der Waals surface area contributed by atoms with Crippen molar-refractivity contribution < 1.29 is 4.42 Å². The maximum atomic E-state index is 5.39. The van der Waals surface area contributed by atoms with E-state index in [1.54, 1.807) is 0 Å². The quantitative estimate of drug-likeness (QED) is 0.714. The smallest absolute Gasteiger partial charge is 0.247 e. The summed E-state index contributed by atoms with van der Waals surface area (Å²) in [4.78, 5) is 8.11. The molecular weight excluding hydrogens is 182 g/mol. The van der Waals surface area contributed by atoms with Crippen molar-refractivity contribution in [3.8, 4) is 11.6 Å². The van der Waals surface area contributed by atoms with Gasteiger partial charge in [-0.05, 0) is 13.8 Å². The third-order valence-electron chi connectivity index (χ3n) is 1.82. The molecule has 0 aromatic carbocycles. The van der Waals surface area contributed by atoms with E-state index in [1.807, 2.05) is 13.8 Å². The molecule has 2 rings (SSSR count). The Morgan fingerprint density at radius 1 is 1.29 bits per heavy atom. The molecule has 14 heavy (non-hydrogen) atoms. The van der Waals surface area contributed by atoms with Crippen LogP contribution in [0.5, 0.6) is 0 Å². The largest absolute Gasteiger partial charge is 0.440 e. The Morgan fingerprint density at radius 2 is 2.07 bits per heavy atom. The van der Waals surface area contributed by atoms with E-state index < -0.39 is 0 Å². The highest BCUT2D eigenvalue weighted by Crippen LogP contribution is 2.18. The van der Waals surface area contributed by atoms with Gasteiger partial charge in [-0.3, -0.25) is 0 Å². The summed E-state index contributed by atoms with van der Waals surface area (Å²) in [5, 5.41) is 7.20. The van der Waals surface area contributed by atoms with Crippen molar-refractivity contribution in [2.75, 3.05) is 5.73 Å². The molecule has 6 heteroatoms. The van der Waals surface area contributed by atoms with Gasteiger partial charge in [-0.1, -0.05) is 0 Å². The fourth-order valence-electron chi connectivity index (χ4n) is 1.00. The molecule has 0 unspecified atom stereocenters. The number of hydrogen-bond acceptors (Lipinski definition) is 6. The van der Waals surface area contributed by atoms with Gasteiger partial charge in [0, 0.05) is 0 Å². The second kappa shape index (κ2) is 3.06. The number of nitrogens with zero attached hydrogens (tertiary/aromatic N) is 4. The Kier molecular flexibility index (Phi) is 1.88. The van der Waals surface area contributed by atoms with Gasteiger partial charge in [0.15, 0.2) is 0 Å². The fourth-order valence-corrected chi connectivity index (χ4v) is 1.00. The van der Waals surface area contributed by atoms with Gasteiger partial charge < -0.3 is 10.2 Å². The lowest BCUT2D eigenvalue weighted by atomic mass is 10.4. The molecule has 0 fully saturated rings. The van der Waals surface area contributed by atoms with E-state index in [2.05, 4.69) is 20.2 Å². The van der Waals surface area contributed by atoms with Crippen molar-refractivity contribution in [2.24, 2.45) is 0 Å². The Bertz CT molecular complexity index is 445. The molecule has 0 aliphatic carbocycles. The van der Waals surface area contributed by atoms with Crippen molar-refractivity contribution in [1.29, 1.82) is 0 Å². The Morgan fingerprint density at radius 3 is 2.64 bits per heavy atom. The molecule has 2 aromatic heterocycles. The third kappa shape index (κ3) is 1.41. The number of nitrogens with two attached hydrogens (primary N) is 1. The SMILES string of the molecule is Cc1nc(-c2cnnc(N)n2)oc1C. The number of hydrogen-bond donors (Lipinski definition) is 1. The van der Waals surface area contributed by atoms with Crippen LogP contribution in [-0.2, 0) is 0 Å². The minimum atomic E-state index is 0.107. The number of rotatable bonds is 1. The first kappa shape index (κ1) is 8.61. The van der Waals surface area contributed by atoms with Crippen LogP contribution < -0.4 is 5.73 Å². The summed E-state index contributed by atoms with van der Waals surface area (Å²) in [5.41, 5.74) is 6.71. The summed E-state index contributed by atoms with van der Waals surface area (Å²) in [6.45, 7) is 3.70. The van der Waals surface area contributed by atoms with Gasteiger partial charge in [0.05, 0.1) is 11.9 Å². The van der Waals surface area contributed by atoms with Gasteiger partial charge in [0.2, 0.25) is 11.8 Å². The van der Waals surface area contributed by atoms with E-state index in [0.717, 1.165) is 11.5 Å². The van der Waals surface area contributed by atoms with E-state index >= 15 is 0 Å². The second-order valence-corrected chi connectivity index (χ2v) is 2.86. The van der Waals surface area contributed by atoms with Crippen molar-refractivity contribution in [3.05, 3.63) is 17.7 Å². The first-order valence-corrected chi connectivity index (χ1v) is 4.06. The van der Waals surface area contributed by atoms with E-state index in [0.29, 0.717) is 11.6 Å². The van der Waals surface area contributed by atoms with Crippen LogP contribution in [0, 0.1) is 13.8 Å².